The topological polar surface area (TPSA) is 77.2 Å². The molecule has 0 bridgehead atoms. The second kappa shape index (κ2) is 5.49. The molecule has 2 rings (SSSR count). The summed E-state index contributed by atoms with van der Waals surface area (Å²) < 4.78 is 0. The van der Waals surface area contributed by atoms with Crippen LogP contribution >= 0.6 is 0 Å². The predicted molar refractivity (Wildman–Crippen MR) is 75.6 cm³/mol. The summed E-state index contributed by atoms with van der Waals surface area (Å²) >= 11 is 0. The number of pyridine rings is 1. The Bertz CT molecular complexity index is 577. The molecule has 2 heterocycles. The van der Waals surface area contributed by atoms with Crippen molar-refractivity contribution in [1.29, 1.82) is 5.26 Å². The molecule has 5 nitrogen and oxygen atoms in total. The molecule has 1 saturated heterocycles. The summed E-state index contributed by atoms with van der Waals surface area (Å²) in [5, 5.41) is 18.5. The zero-order chi connectivity index (χ0) is 14.9. The molecular formula is C15H19N3O2. The Morgan fingerprint density at radius 3 is 2.80 bits per heavy atom. The first kappa shape index (κ1) is 14.3. The second-order valence-electron chi connectivity index (χ2n) is 5.46. The number of carboxylic acids is 1. The lowest BCUT2D eigenvalue weighted by Gasteiger charge is -2.38. The summed E-state index contributed by atoms with van der Waals surface area (Å²) in [6.45, 7) is 6.42. The molecule has 106 valence electrons. The Kier molecular flexibility index (Phi) is 3.93. The zero-order valence-electron chi connectivity index (χ0n) is 12.1. The smallest absolute Gasteiger partial charge is 0.306 e. The monoisotopic (exact) mass is 273 g/mol. The molecule has 0 aromatic carbocycles. The Balaban J connectivity index is 2.34. The van der Waals surface area contributed by atoms with Gasteiger partial charge in [-0.05, 0) is 39.7 Å². The summed E-state index contributed by atoms with van der Waals surface area (Å²) in [4.78, 5) is 17.6. The number of aryl methyl sites for hydroxylation is 2. The number of carboxylic acid groups (broad SMARTS) is 1. The third kappa shape index (κ3) is 2.60. The van der Waals surface area contributed by atoms with Crippen LogP contribution in [0.1, 0.15) is 36.7 Å². The van der Waals surface area contributed by atoms with Gasteiger partial charge in [0, 0.05) is 18.3 Å². The maximum absolute atomic E-state index is 11.1. The number of nitriles is 1. The minimum absolute atomic E-state index is 0.109. The molecule has 0 saturated carbocycles. The molecule has 1 N–H and O–H groups in total. The predicted octanol–water partition coefficient (Wildman–Crippen LogP) is 2.26. The van der Waals surface area contributed by atoms with Gasteiger partial charge in [-0.25, -0.2) is 0 Å². The highest BCUT2D eigenvalue weighted by Gasteiger charge is 2.31. The number of nitrogens with zero attached hydrogens (tertiary/aromatic N) is 3. The first-order chi connectivity index (χ1) is 9.43. The van der Waals surface area contributed by atoms with E-state index < -0.39 is 5.97 Å². The van der Waals surface area contributed by atoms with Crippen LogP contribution < -0.4 is 4.90 Å². The van der Waals surface area contributed by atoms with Crippen molar-refractivity contribution in [3.63, 3.8) is 0 Å². The fourth-order valence-corrected chi connectivity index (χ4v) is 2.93. The Morgan fingerprint density at radius 2 is 2.25 bits per heavy atom. The molecule has 1 aromatic heterocycles. The average molecular weight is 273 g/mol. The van der Waals surface area contributed by atoms with E-state index in [1.165, 1.54) is 0 Å². The molecule has 1 aromatic rings. The molecule has 1 aliphatic rings. The SMILES string of the molecule is Cc1cc(N2CCC(C(=O)O)CC2C)c(C#N)c(C)n1. The summed E-state index contributed by atoms with van der Waals surface area (Å²) in [7, 11) is 0. The van der Waals surface area contributed by atoms with E-state index in [4.69, 9.17) is 5.11 Å². The molecule has 0 spiro atoms. The lowest BCUT2D eigenvalue weighted by atomic mass is 9.91. The number of anilines is 1. The third-order valence-electron chi connectivity index (χ3n) is 3.95. The van der Waals surface area contributed by atoms with Gasteiger partial charge in [0.1, 0.15) is 6.07 Å². The first-order valence-corrected chi connectivity index (χ1v) is 6.81. The fraction of sp³-hybridized carbons (Fsp3) is 0.533. The van der Waals surface area contributed by atoms with Crippen LogP contribution in [0.15, 0.2) is 6.07 Å². The van der Waals surface area contributed by atoms with E-state index in [0.717, 1.165) is 17.1 Å². The highest BCUT2D eigenvalue weighted by molar-refractivity contribution is 5.71. The summed E-state index contributed by atoms with van der Waals surface area (Å²) in [5.41, 5.74) is 3.09. The van der Waals surface area contributed by atoms with E-state index in [1.54, 1.807) is 0 Å². The molecular weight excluding hydrogens is 254 g/mol. The number of rotatable bonds is 2. The molecule has 5 heteroatoms. The Hall–Kier alpha value is -2.09. The number of piperidine rings is 1. The maximum Gasteiger partial charge on any atom is 0.306 e. The van der Waals surface area contributed by atoms with Crippen molar-refractivity contribution in [3.8, 4) is 6.07 Å². The van der Waals surface area contributed by atoms with Crippen LogP contribution in [-0.2, 0) is 4.79 Å². The zero-order valence-corrected chi connectivity index (χ0v) is 12.1. The van der Waals surface area contributed by atoms with Crippen LogP contribution in [-0.4, -0.2) is 28.6 Å². The van der Waals surface area contributed by atoms with Crippen LogP contribution in [0, 0.1) is 31.1 Å². The fourth-order valence-electron chi connectivity index (χ4n) is 2.93. The molecule has 1 fully saturated rings. The van der Waals surface area contributed by atoms with Gasteiger partial charge in [-0.2, -0.15) is 5.26 Å². The van der Waals surface area contributed by atoms with Crippen molar-refractivity contribution >= 4 is 11.7 Å². The summed E-state index contributed by atoms with van der Waals surface area (Å²) in [5.74, 6) is -1.00. The summed E-state index contributed by atoms with van der Waals surface area (Å²) in [6, 6.07) is 4.25. The van der Waals surface area contributed by atoms with E-state index in [-0.39, 0.29) is 12.0 Å². The minimum atomic E-state index is -0.723. The number of carbonyl (C=O) groups is 1. The Morgan fingerprint density at radius 1 is 1.55 bits per heavy atom. The number of aromatic nitrogens is 1. The van der Waals surface area contributed by atoms with Gasteiger partial charge in [0.2, 0.25) is 0 Å². The largest absolute Gasteiger partial charge is 0.481 e. The molecule has 20 heavy (non-hydrogen) atoms. The first-order valence-electron chi connectivity index (χ1n) is 6.81. The highest BCUT2D eigenvalue weighted by Crippen LogP contribution is 2.31. The summed E-state index contributed by atoms with van der Waals surface area (Å²) in [6.07, 6.45) is 1.23. The number of hydrogen-bond acceptors (Lipinski definition) is 4. The molecule has 2 atom stereocenters. The Labute approximate surface area is 118 Å². The second-order valence-corrected chi connectivity index (χ2v) is 5.46. The van der Waals surface area contributed by atoms with Crippen molar-refractivity contribution in [3.05, 3.63) is 23.0 Å². The molecule has 1 aliphatic heterocycles. The molecule has 2 unspecified atom stereocenters. The van der Waals surface area contributed by atoms with E-state index in [1.807, 2.05) is 26.8 Å². The van der Waals surface area contributed by atoms with Gasteiger partial charge in [-0.15, -0.1) is 0 Å². The van der Waals surface area contributed by atoms with E-state index in [9.17, 15) is 10.1 Å². The van der Waals surface area contributed by atoms with E-state index >= 15 is 0 Å². The lowest BCUT2D eigenvalue weighted by Crippen LogP contribution is -2.43. The minimum Gasteiger partial charge on any atom is -0.481 e. The van der Waals surface area contributed by atoms with Crippen molar-refractivity contribution < 1.29 is 9.90 Å². The van der Waals surface area contributed by atoms with Crippen molar-refractivity contribution in [2.45, 2.75) is 39.7 Å². The number of hydrogen-bond donors (Lipinski definition) is 1. The van der Waals surface area contributed by atoms with Crippen molar-refractivity contribution in [2.75, 3.05) is 11.4 Å². The van der Waals surface area contributed by atoms with Gasteiger partial charge < -0.3 is 10.0 Å². The van der Waals surface area contributed by atoms with Gasteiger partial charge in [-0.1, -0.05) is 0 Å². The van der Waals surface area contributed by atoms with Gasteiger partial charge in [-0.3, -0.25) is 9.78 Å². The van der Waals surface area contributed by atoms with Crippen LogP contribution in [0.4, 0.5) is 5.69 Å². The van der Waals surface area contributed by atoms with Crippen LogP contribution in [0.3, 0.4) is 0 Å². The van der Waals surface area contributed by atoms with E-state index in [0.29, 0.717) is 24.9 Å². The number of aliphatic carboxylic acids is 1. The van der Waals surface area contributed by atoms with Gasteiger partial charge in [0.05, 0.1) is 22.9 Å². The maximum atomic E-state index is 11.1. The molecule has 0 radical (unpaired) electrons. The van der Waals surface area contributed by atoms with Crippen LogP contribution in [0.2, 0.25) is 0 Å². The molecule has 0 amide bonds. The van der Waals surface area contributed by atoms with Crippen molar-refractivity contribution in [1.82, 2.24) is 4.98 Å². The lowest BCUT2D eigenvalue weighted by molar-refractivity contribution is -0.142. The van der Waals surface area contributed by atoms with Gasteiger partial charge >= 0.3 is 5.97 Å². The van der Waals surface area contributed by atoms with Crippen molar-refractivity contribution in [2.24, 2.45) is 5.92 Å². The average Bonchev–Trinajstić information content (AvgIpc) is 2.37. The highest BCUT2D eigenvalue weighted by atomic mass is 16.4. The van der Waals surface area contributed by atoms with Crippen LogP contribution in [0.5, 0.6) is 0 Å². The van der Waals surface area contributed by atoms with Gasteiger partial charge in [0.15, 0.2) is 0 Å². The third-order valence-corrected chi connectivity index (χ3v) is 3.95. The van der Waals surface area contributed by atoms with Gasteiger partial charge in [0.25, 0.3) is 0 Å². The van der Waals surface area contributed by atoms with Crippen LogP contribution in [0.25, 0.3) is 0 Å². The standard InChI is InChI=1S/C15H19N3O2/c1-9-6-14(13(8-16)11(3)17-9)18-5-4-12(15(19)20)7-10(18)2/h6,10,12H,4-5,7H2,1-3H3,(H,19,20). The quantitative estimate of drug-likeness (QED) is 0.894. The van der Waals surface area contributed by atoms with E-state index in [2.05, 4.69) is 16.0 Å². The normalized spacial score (nSPS) is 22.4. The molecule has 0 aliphatic carbocycles.